The molecule has 2 heterocycles. The van der Waals surface area contributed by atoms with E-state index >= 15 is 0 Å². The van der Waals surface area contributed by atoms with E-state index in [-0.39, 0.29) is 0 Å². The van der Waals surface area contributed by atoms with Crippen LogP contribution in [0.4, 0.5) is 0 Å². The maximum Gasteiger partial charge on any atom is 0.140 e. The predicted molar refractivity (Wildman–Crippen MR) is 54.0 cm³/mol. The first-order valence-corrected chi connectivity index (χ1v) is 4.66. The quantitative estimate of drug-likeness (QED) is 0.649. The molecular formula is C11H14N2. The van der Waals surface area contributed by atoms with Gasteiger partial charge in [-0.2, -0.15) is 0 Å². The minimum absolute atomic E-state index is 1.05. The molecule has 0 aliphatic heterocycles. The fraction of sp³-hybridized carbons (Fsp3) is 0.364. The first-order valence-electron chi connectivity index (χ1n) is 4.66. The van der Waals surface area contributed by atoms with Crippen molar-refractivity contribution in [2.45, 2.75) is 27.2 Å². The number of rotatable bonds is 1. The molecule has 0 bridgehead atoms. The normalized spacial score (nSPS) is 11.0. The summed E-state index contributed by atoms with van der Waals surface area (Å²) in [5.41, 5.74) is 4.78. The Labute approximate surface area is 78.2 Å². The summed E-state index contributed by atoms with van der Waals surface area (Å²) in [6.45, 7) is 6.31. The lowest BCUT2D eigenvalue weighted by Gasteiger charge is -2.02. The van der Waals surface area contributed by atoms with Crippen LogP contribution in [0.2, 0.25) is 0 Å². The average Bonchev–Trinajstić information content (AvgIpc) is 2.47. The number of aromatic nitrogens is 2. The topological polar surface area (TPSA) is 17.3 Å². The van der Waals surface area contributed by atoms with Crippen LogP contribution in [0.15, 0.2) is 18.3 Å². The molecule has 0 radical (unpaired) electrons. The molecule has 2 rings (SSSR count). The van der Waals surface area contributed by atoms with Crippen molar-refractivity contribution in [1.29, 1.82) is 0 Å². The van der Waals surface area contributed by atoms with E-state index in [0.29, 0.717) is 0 Å². The maximum atomic E-state index is 4.53. The van der Waals surface area contributed by atoms with Crippen LogP contribution >= 0.6 is 0 Å². The third kappa shape index (κ3) is 1.22. The summed E-state index contributed by atoms with van der Waals surface area (Å²) in [5.74, 6) is 0. The van der Waals surface area contributed by atoms with E-state index in [0.717, 1.165) is 17.8 Å². The Morgan fingerprint density at radius 2 is 2.15 bits per heavy atom. The van der Waals surface area contributed by atoms with Crippen molar-refractivity contribution in [1.82, 2.24) is 9.38 Å². The first kappa shape index (κ1) is 8.30. The molecule has 2 heteroatoms. The summed E-state index contributed by atoms with van der Waals surface area (Å²) in [6, 6.07) is 4.25. The van der Waals surface area contributed by atoms with Gasteiger partial charge in [-0.05, 0) is 38.0 Å². The van der Waals surface area contributed by atoms with Crippen molar-refractivity contribution in [3.05, 3.63) is 35.3 Å². The Balaban J connectivity index is 2.82. The minimum Gasteiger partial charge on any atom is -0.306 e. The highest BCUT2D eigenvalue weighted by Crippen LogP contribution is 2.14. The largest absolute Gasteiger partial charge is 0.306 e. The molecule has 0 spiro atoms. The Kier molecular flexibility index (Phi) is 1.83. The fourth-order valence-electron chi connectivity index (χ4n) is 1.72. The molecule has 0 aliphatic carbocycles. The third-order valence-electron chi connectivity index (χ3n) is 2.40. The summed E-state index contributed by atoms with van der Waals surface area (Å²) >= 11 is 0. The van der Waals surface area contributed by atoms with E-state index in [9.17, 15) is 0 Å². The van der Waals surface area contributed by atoms with Gasteiger partial charge in [0, 0.05) is 17.6 Å². The number of hydrogen-bond donors (Lipinski definition) is 0. The van der Waals surface area contributed by atoms with Gasteiger partial charge in [-0.15, -0.1) is 0 Å². The van der Waals surface area contributed by atoms with E-state index in [1.807, 2.05) is 6.92 Å². The lowest BCUT2D eigenvalue weighted by atomic mass is 10.2. The first-order chi connectivity index (χ1) is 6.22. The zero-order valence-corrected chi connectivity index (χ0v) is 8.33. The van der Waals surface area contributed by atoms with Crippen LogP contribution in [-0.4, -0.2) is 9.38 Å². The minimum atomic E-state index is 1.05. The van der Waals surface area contributed by atoms with Crippen LogP contribution in [0.3, 0.4) is 0 Å². The highest BCUT2D eigenvalue weighted by atomic mass is 15.0. The van der Waals surface area contributed by atoms with Gasteiger partial charge < -0.3 is 4.40 Å². The molecule has 0 aromatic carbocycles. The molecule has 0 saturated carbocycles. The predicted octanol–water partition coefficient (Wildman–Crippen LogP) is 2.51. The van der Waals surface area contributed by atoms with E-state index in [2.05, 4.69) is 41.6 Å². The van der Waals surface area contributed by atoms with Crippen LogP contribution in [-0.2, 0) is 6.42 Å². The smallest absolute Gasteiger partial charge is 0.140 e. The summed E-state index contributed by atoms with van der Waals surface area (Å²) in [6.07, 6.45) is 3.14. The van der Waals surface area contributed by atoms with Gasteiger partial charge in [0.2, 0.25) is 0 Å². The summed E-state index contributed by atoms with van der Waals surface area (Å²) < 4.78 is 2.14. The van der Waals surface area contributed by atoms with Crippen molar-refractivity contribution in [2.75, 3.05) is 0 Å². The Hall–Kier alpha value is -1.31. The highest BCUT2D eigenvalue weighted by molar-refractivity contribution is 5.50. The highest BCUT2D eigenvalue weighted by Gasteiger charge is 2.03. The second kappa shape index (κ2) is 2.87. The number of fused-ring (bicyclic) bond motifs is 1. The molecule has 2 nitrogen and oxygen atoms in total. The molecule has 0 atom stereocenters. The van der Waals surface area contributed by atoms with Gasteiger partial charge in [-0.1, -0.05) is 6.92 Å². The molecule has 2 aromatic rings. The molecule has 13 heavy (non-hydrogen) atoms. The molecule has 68 valence electrons. The van der Waals surface area contributed by atoms with Crippen molar-refractivity contribution in [3.63, 3.8) is 0 Å². The lowest BCUT2D eigenvalue weighted by Crippen LogP contribution is -1.95. The summed E-state index contributed by atoms with van der Waals surface area (Å²) in [7, 11) is 0. The number of hydrogen-bond acceptors (Lipinski definition) is 1. The molecular weight excluding hydrogens is 160 g/mol. The van der Waals surface area contributed by atoms with Gasteiger partial charge in [-0.25, -0.2) is 4.98 Å². The average molecular weight is 174 g/mol. The number of aryl methyl sites for hydroxylation is 3. The lowest BCUT2D eigenvalue weighted by molar-refractivity contribution is 1.01. The second-order valence-corrected chi connectivity index (χ2v) is 3.43. The van der Waals surface area contributed by atoms with Crippen molar-refractivity contribution in [3.8, 4) is 0 Å². The second-order valence-electron chi connectivity index (χ2n) is 3.43. The zero-order valence-electron chi connectivity index (χ0n) is 8.33. The zero-order chi connectivity index (χ0) is 9.42. The van der Waals surface area contributed by atoms with Gasteiger partial charge in [0.15, 0.2) is 0 Å². The van der Waals surface area contributed by atoms with Crippen LogP contribution < -0.4 is 0 Å². The Morgan fingerprint density at radius 3 is 2.85 bits per heavy atom. The van der Waals surface area contributed by atoms with Gasteiger partial charge in [0.1, 0.15) is 5.65 Å². The Bertz CT molecular complexity index is 441. The van der Waals surface area contributed by atoms with E-state index < -0.39 is 0 Å². The van der Waals surface area contributed by atoms with Crippen LogP contribution in [0.1, 0.15) is 23.9 Å². The molecule has 0 aliphatic rings. The maximum absolute atomic E-state index is 4.53. The molecule has 0 amide bonds. The van der Waals surface area contributed by atoms with Crippen LogP contribution in [0.5, 0.6) is 0 Å². The van der Waals surface area contributed by atoms with E-state index in [1.165, 1.54) is 11.3 Å². The van der Waals surface area contributed by atoms with Crippen LogP contribution in [0, 0.1) is 13.8 Å². The molecule has 0 unspecified atom stereocenters. The van der Waals surface area contributed by atoms with Gasteiger partial charge in [0.25, 0.3) is 0 Å². The molecule has 0 saturated heterocycles. The van der Waals surface area contributed by atoms with Crippen molar-refractivity contribution in [2.24, 2.45) is 0 Å². The number of nitrogens with zero attached hydrogens (tertiary/aromatic N) is 2. The fourth-order valence-corrected chi connectivity index (χ4v) is 1.72. The standard InChI is InChI=1S/C11H14N2/c1-4-10-5-6-13-9(3)7-8(2)12-11(10)13/h5-7H,4H2,1-3H3. The van der Waals surface area contributed by atoms with Gasteiger partial charge >= 0.3 is 0 Å². The Morgan fingerprint density at radius 1 is 1.38 bits per heavy atom. The van der Waals surface area contributed by atoms with Gasteiger partial charge in [0.05, 0.1) is 0 Å². The summed E-state index contributed by atoms with van der Waals surface area (Å²) in [4.78, 5) is 4.53. The molecule has 2 aromatic heterocycles. The molecule has 0 fully saturated rings. The van der Waals surface area contributed by atoms with Crippen LogP contribution in [0.25, 0.3) is 5.65 Å². The third-order valence-corrected chi connectivity index (χ3v) is 2.40. The monoisotopic (exact) mass is 174 g/mol. The van der Waals surface area contributed by atoms with E-state index in [4.69, 9.17) is 0 Å². The SMILES string of the molecule is CCc1ccn2c(C)cc(C)nc12. The van der Waals surface area contributed by atoms with Crippen molar-refractivity contribution >= 4 is 5.65 Å². The molecule has 0 N–H and O–H groups in total. The van der Waals surface area contributed by atoms with Crippen molar-refractivity contribution < 1.29 is 0 Å². The van der Waals surface area contributed by atoms with E-state index in [1.54, 1.807) is 0 Å². The van der Waals surface area contributed by atoms with Gasteiger partial charge in [-0.3, -0.25) is 0 Å². The summed E-state index contributed by atoms with van der Waals surface area (Å²) in [5, 5.41) is 0.